The third-order valence-electron chi connectivity index (χ3n) is 5.36. The first-order valence-electron chi connectivity index (χ1n) is 10.7. The van der Waals surface area contributed by atoms with Gasteiger partial charge in [0.05, 0.1) is 28.4 Å². The molecule has 0 aliphatic rings. The van der Waals surface area contributed by atoms with Gasteiger partial charge < -0.3 is 9.52 Å². The van der Waals surface area contributed by atoms with Crippen LogP contribution in [0, 0.1) is 18.6 Å². The first kappa shape index (κ1) is 23.6. The average Bonchev–Trinajstić information content (AvgIpc) is 2.82. The maximum atomic E-state index is 13.2. The number of hydrogen-bond acceptors (Lipinski definition) is 7. The lowest BCUT2D eigenvalue weighted by Crippen LogP contribution is -2.09. The SMILES string of the molecule is C/C(=N\Nc1ccc(F)cc1)c1cc2c(C)cc(=O)oc2c(/C(C)=N/Nc2ccc(F)cc2)c1O. The maximum Gasteiger partial charge on any atom is 0.336 e. The van der Waals surface area contributed by atoms with Gasteiger partial charge in [-0.1, -0.05) is 0 Å². The van der Waals surface area contributed by atoms with E-state index in [4.69, 9.17) is 4.42 Å². The third-order valence-corrected chi connectivity index (χ3v) is 5.36. The van der Waals surface area contributed by atoms with Gasteiger partial charge in [-0.2, -0.15) is 10.2 Å². The molecule has 0 aliphatic carbocycles. The Morgan fingerprint density at radius 2 is 1.37 bits per heavy atom. The second kappa shape index (κ2) is 9.76. The number of phenolic OH excluding ortho intramolecular Hbond substituents is 1. The fourth-order valence-electron chi connectivity index (χ4n) is 3.51. The predicted molar refractivity (Wildman–Crippen MR) is 133 cm³/mol. The van der Waals surface area contributed by atoms with Crippen LogP contribution in [0.25, 0.3) is 11.0 Å². The van der Waals surface area contributed by atoms with Crippen molar-refractivity contribution in [3.8, 4) is 5.75 Å². The highest BCUT2D eigenvalue weighted by molar-refractivity contribution is 6.15. The molecule has 0 saturated carbocycles. The van der Waals surface area contributed by atoms with Crippen molar-refractivity contribution in [2.45, 2.75) is 20.8 Å². The number of nitrogens with one attached hydrogen (secondary N) is 2. The van der Waals surface area contributed by atoms with E-state index in [9.17, 15) is 18.7 Å². The summed E-state index contributed by atoms with van der Waals surface area (Å²) in [7, 11) is 0. The number of hydrazone groups is 2. The lowest BCUT2D eigenvalue weighted by Gasteiger charge is -2.14. The Bertz CT molecular complexity index is 1510. The summed E-state index contributed by atoms with van der Waals surface area (Å²) in [6.07, 6.45) is 0. The van der Waals surface area contributed by atoms with Gasteiger partial charge in [0.2, 0.25) is 0 Å². The molecule has 1 aromatic heterocycles. The van der Waals surface area contributed by atoms with Gasteiger partial charge in [0.25, 0.3) is 0 Å². The number of nitrogens with zero attached hydrogens (tertiary/aromatic N) is 2. The Kier molecular flexibility index (Phi) is 6.59. The van der Waals surface area contributed by atoms with Crippen LogP contribution in [-0.4, -0.2) is 16.5 Å². The monoisotopic (exact) mass is 476 g/mol. The van der Waals surface area contributed by atoms with Crippen molar-refractivity contribution < 1.29 is 18.3 Å². The van der Waals surface area contributed by atoms with Crippen LogP contribution in [0.1, 0.15) is 30.5 Å². The number of fused-ring (bicyclic) bond motifs is 1. The lowest BCUT2D eigenvalue weighted by molar-refractivity contribution is 0.470. The van der Waals surface area contributed by atoms with Gasteiger partial charge in [-0.05, 0) is 80.9 Å². The van der Waals surface area contributed by atoms with E-state index in [1.807, 2.05) is 0 Å². The molecule has 0 unspecified atom stereocenters. The van der Waals surface area contributed by atoms with E-state index < -0.39 is 5.63 Å². The van der Waals surface area contributed by atoms with E-state index in [2.05, 4.69) is 21.1 Å². The predicted octanol–water partition coefficient (Wildman–Crippen LogP) is 5.76. The molecule has 4 rings (SSSR count). The standard InChI is InChI=1S/C26H22F2N4O3/c1-14-12-23(33)35-26-21(14)13-22(15(2)29-31-19-8-4-17(27)5-9-19)25(34)24(26)16(3)30-32-20-10-6-18(28)7-11-20/h4-13,31-32,34H,1-3H3/b29-15+,30-16+. The minimum atomic E-state index is -0.564. The van der Waals surface area contributed by atoms with Crippen molar-refractivity contribution >= 4 is 33.8 Å². The number of aryl methyl sites for hydroxylation is 1. The summed E-state index contributed by atoms with van der Waals surface area (Å²) in [5.41, 5.74) is 8.36. The van der Waals surface area contributed by atoms with Crippen LogP contribution in [0.5, 0.6) is 5.75 Å². The molecule has 178 valence electrons. The van der Waals surface area contributed by atoms with Crippen LogP contribution in [0.4, 0.5) is 20.2 Å². The summed E-state index contributed by atoms with van der Waals surface area (Å²) >= 11 is 0. The van der Waals surface area contributed by atoms with Crippen molar-refractivity contribution in [3.05, 3.63) is 99.4 Å². The van der Waals surface area contributed by atoms with Gasteiger partial charge in [0.15, 0.2) is 5.58 Å². The summed E-state index contributed by atoms with van der Waals surface area (Å²) in [4.78, 5) is 12.1. The first-order valence-corrected chi connectivity index (χ1v) is 10.7. The molecule has 0 radical (unpaired) electrons. The Morgan fingerprint density at radius 1 is 0.857 bits per heavy atom. The highest BCUT2D eigenvalue weighted by atomic mass is 19.1. The molecular weight excluding hydrogens is 454 g/mol. The van der Waals surface area contributed by atoms with Gasteiger partial charge >= 0.3 is 5.63 Å². The van der Waals surface area contributed by atoms with Gasteiger partial charge in [-0.3, -0.25) is 10.9 Å². The number of aromatic hydroxyl groups is 1. The quantitative estimate of drug-likeness (QED) is 0.187. The van der Waals surface area contributed by atoms with E-state index in [0.717, 1.165) is 0 Å². The summed E-state index contributed by atoms with van der Waals surface area (Å²) in [5, 5.41) is 20.4. The largest absolute Gasteiger partial charge is 0.506 e. The minimum Gasteiger partial charge on any atom is -0.506 e. The molecular formula is C26H22F2N4O3. The van der Waals surface area contributed by atoms with E-state index in [-0.39, 0.29) is 28.5 Å². The molecule has 7 nitrogen and oxygen atoms in total. The topological polar surface area (TPSA) is 99.2 Å². The minimum absolute atomic E-state index is 0.178. The van der Waals surface area contributed by atoms with Crippen molar-refractivity contribution in [2.75, 3.05) is 10.9 Å². The van der Waals surface area contributed by atoms with Crippen LogP contribution in [0.15, 0.2) is 80.1 Å². The Balaban J connectivity index is 1.80. The zero-order valence-electron chi connectivity index (χ0n) is 19.2. The first-order chi connectivity index (χ1) is 16.7. The number of halogens is 2. The molecule has 0 amide bonds. The summed E-state index contributed by atoms with van der Waals surface area (Å²) in [5.74, 6) is -0.932. The van der Waals surface area contributed by atoms with Gasteiger partial charge in [0.1, 0.15) is 17.4 Å². The normalized spacial score (nSPS) is 12.1. The molecule has 0 atom stereocenters. The molecule has 0 fully saturated rings. The lowest BCUT2D eigenvalue weighted by atomic mass is 9.97. The molecule has 9 heteroatoms. The van der Waals surface area contributed by atoms with Crippen molar-refractivity contribution in [2.24, 2.45) is 10.2 Å². The molecule has 4 aromatic rings. The Labute approximate surface area is 199 Å². The maximum absolute atomic E-state index is 13.2. The van der Waals surface area contributed by atoms with Crippen molar-refractivity contribution in [1.29, 1.82) is 0 Å². The van der Waals surface area contributed by atoms with Crippen LogP contribution < -0.4 is 16.5 Å². The van der Waals surface area contributed by atoms with Crippen LogP contribution in [-0.2, 0) is 0 Å². The Morgan fingerprint density at radius 3 is 1.91 bits per heavy atom. The summed E-state index contributed by atoms with van der Waals surface area (Å²) in [6.45, 7) is 5.09. The van der Waals surface area contributed by atoms with Crippen molar-refractivity contribution in [3.63, 3.8) is 0 Å². The molecule has 1 heterocycles. The van der Waals surface area contributed by atoms with Gasteiger partial charge in [-0.15, -0.1) is 0 Å². The van der Waals surface area contributed by atoms with Crippen LogP contribution >= 0.6 is 0 Å². The molecule has 35 heavy (non-hydrogen) atoms. The van der Waals surface area contributed by atoms with Crippen molar-refractivity contribution in [1.82, 2.24) is 0 Å². The molecule has 0 saturated heterocycles. The molecule has 3 aromatic carbocycles. The molecule has 0 spiro atoms. The van der Waals surface area contributed by atoms with Gasteiger partial charge in [-0.25, -0.2) is 13.6 Å². The number of hydrogen-bond donors (Lipinski definition) is 3. The second-order valence-corrected chi connectivity index (χ2v) is 7.90. The highest BCUT2D eigenvalue weighted by Gasteiger charge is 2.21. The number of rotatable bonds is 6. The number of benzene rings is 3. The fourth-order valence-corrected chi connectivity index (χ4v) is 3.51. The second-order valence-electron chi connectivity index (χ2n) is 7.90. The van der Waals surface area contributed by atoms with E-state index in [1.54, 1.807) is 26.8 Å². The van der Waals surface area contributed by atoms with E-state index >= 15 is 0 Å². The number of anilines is 2. The highest BCUT2D eigenvalue weighted by Crippen LogP contribution is 2.33. The Hall–Kier alpha value is -4.53. The summed E-state index contributed by atoms with van der Waals surface area (Å²) < 4.78 is 31.8. The van der Waals surface area contributed by atoms with Crippen LogP contribution in [0.3, 0.4) is 0 Å². The zero-order valence-corrected chi connectivity index (χ0v) is 19.2. The average molecular weight is 476 g/mol. The molecule has 0 aliphatic heterocycles. The third kappa shape index (κ3) is 5.19. The molecule has 3 N–H and O–H groups in total. The van der Waals surface area contributed by atoms with Gasteiger partial charge in [0, 0.05) is 17.0 Å². The van der Waals surface area contributed by atoms with Crippen LogP contribution in [0.2, 0.25) is 0 Å². The molecule has 0 bridgehead atoms. The fraction of sp³-hybridized carbons (Fsp3) is 0.115. The van der Waals surface area contributed by atoms with E-state index in [1.165, 1.54) is 54.6 Å². The summed E-state index contributed by atoms with van der Waals surface area (Å²) in [6, 6.07) is 14.3. The zero-order chi connectivity index (χ0) is 25.1. The number of phenols is 1. The van der Waals surface area contributed by atoms with E-state index in [0.29, 0.717) is 39.3 Å². The smallest absolute Gasteiger partial charge is 0.336 e.